The van der Waals surface area contributed by atoms with Crippen molar-refractivity contribution in [1.29, 1.82) is 0 Å². The molecule has 0 bridgehead atoms. The van der Waals surface area contributed by atoms with Gasteiger partial charge in [0.25, 0.3) is 0 Å². The largest absolute Gasteiger partial charge is 0.536 e. The van der Waals surface area contributed by atoms with Crippen LogP contribution in [0.5, 0.6) is 5.75 Å². The van der Waals surface area contributed by atoms with Crippen LogP contribution in [0.15, 0.2) is 47.6 Å². The van der Waals surface area contributed by atoms with Crippen molar-refractivity contribution in [3.8, 4) is 5.75 Å². The van der Waals surface area contributed by atoms with Crippen LogP contribution >= 0.6 is 0 Å². The molecule has 3 rings (SSSR count). The Morgan fingerprint density at radius 3 is 2.69 bits per heavy atom. The predicted octanol–water partition coefficient (Wildman–Crippen LogP) is 2.08. The zero-order valence-electron chi connectivity index (χ0n) is 14.6. The van der Waals surface area contributed by atoms with E-state index in [0.29, 0.717) is 24.3 Å². The quantitative estimate of drug-likeness (QED) is 0.331. The lowest BCUT2D eigenvalue weighted by molar-refractivity contribution is -0.113. The molecule has 4 N–H and O–H groups in total. The van der Waals surface area contributed by atoms with E-state index < -0.39 is 12.9 Å². The van der Waals surface area contributed by atoms with Gasteiger partial charge in [0.15, 0.2) is 11.5 Å². The number of para-hydroxylation sites is 1. The lowest BCUT2D eigenvalue weighted by Gasteiger charge is -2.28. The van der Waals surface area contributed by atoms with Gasteiger partial charge in [0.05, 0.1) is 0 Å². The topological polar surface area (TPSA) is 105 Å². The number of aryl methyl sites for hydroxylation is 1. The third-order valence-electron chi connectivity index (χ3n) is 4.69. The zero-order valence-corrected chi connectivity index (χ0v) is 14.6. The Kier molecular flexibility index (Phi) is 5.39. The number of carbonyl (C=O) groups is 1. The number of hydrogen-bond acceptors (Lipinski definition) is 6. The number of hydrogen-bond donors (Lipinski definition) is 3. The highest BCUT2D eigenvalue weighted by Crippen LogP contribution is 2.36. The molecule has 1 aliphatic rings. The average Bonchev–Trinajstić information content (AvgIpc) is 2.64. The minimum Gasteiger partial charge on any atom is -0.536 e. The number of nitrogens with two attached hydrogens (primary N) is 1. The summed E-state index contributed by atoms with van der Waals surface area (Å²) in [7, 11) is -1.08. The van der Waals surface area contributed by atoms with Crippen molar-refractivity contribution < 1.29 is 19.7 Å². The highest BCUT2D eigenvalue weighted by atomic mass is 16.5. The van der Waals surface area contributed by atoms with E-state index in [1.807, 2.05) is 25.1 Å². The molecule has 0 aromatic heterocycles. The number of benzene rings is 2. The number of Topliss-reactive ketones (excluding diaryl/α,β-unsaturated/α-hetero) is 1. The minimum absolute atomic E-state index is 0.0204. The van der Waals surface area contributed by atoms with Crippen LogP contribution in [0.1, 0.15) is 28.7 Å². The van der Waals surface area contributed by atoms with Crippen LogP contribution < -0.4 is 10.4 Å². The van der Waals surface area contributed by atoms with Gasteiger partial charge < -0.3 is 20.6 Å². The summed E-state index contributed by atoms with van der Waals surface area (Å²) in [5.74, 6) is -0.0780. The van der Waals surface area contributed by atoms with Gasteiger partial charge in [0, 0.05) is 24.3 Å². The molecule has 2 aromatic rings. The molecule has 26 heavy (non-hydrogen) atoms. The highest BCUT2D eigenvalue weighted by molar-refractivity contribution is 6.50. The number of nitrogens with zero attached hydrogens (tertiary/aromatic N) is 1. The van der Waals surface area contributed by atoms with Crippen LogP contribution in [0, 0.1) is 6.92 Å². The molecular weight excluding hydrogens is 331 g/mol. The first kappa shape index (κ1) is 18.2. The molecular formula is C19H21BN2O4. The molecule has 0 saturated carbocycles. The van der Waals surface area contributed by atoms with E-state index in [-0.39, 0.29) is 17.9 Å². The van der Waals surface area contributed by atoms with Crippen LogP contribution in [-0.4, -0.2) is 28.8 Å². The highest BCUT2D eigenvalue weighted by Gasteiger charge is 2.37. The Morgan fingerprint density at radius 1 is 1.31 bits per heavy atom. The van der Waals surface area contributed by atoms with Crippen molar-refractivity contribution in [1.82, 2.24) is 0 Å². The molecule has 0 aliphatic carbocycles. The van der Waals surface area contributed by atoms with Gasteiger partial charge in [-0.05, 0) is 30.0 Å². The molecule has 2 aromatic carbocycles. The lowest BCUT2D eigenvalue weighted by atomic mass is 9.64. The second-order valence-electron chi connectivity index (χ2n) is 6.51. The molecule has 7 heteroatoms. The number of oxime groups is 1. The Labute approximate surface area is 152 Å². The van der Waals surface area contributed by atoms with Crippen LogP contribution in [0.2, 0.25) is 5.82 Å². The molecule has 1 aliphatic heterocycles. The van der Waals surface area contributed by atoms with E-state index in [0.717, 1.165) is 16.7 Å². The van der Waals surface area contributed by atoms with E-state index in [1.54, 1.807) is 24.3 Å². The second kappa shape index (κ2) is 7.72. The maximum absolute atomic E-state index is 12.6. The maximum Gasteiger partial charge on any atom is 0.526 e. The normalized spacial score (nSPS) is 16.8. The standard InChI is InChI=1S/C19H21BN2O4/c1-12-3-2-4-15-9-16(20(24)26-19(12)15)10-17(23)18(22-25)14-7-5-13(11-21)6-8-14/h2-8,16,24-25H,9-11,21H2,1H3/b22-18-/t16-/m1/s1. The number of ketones is 1. The van der Waals surface area contributed by atoms with Crippen molar-refractivity contribution >= 4 is 18.6 Å². The Balaban J connectivity index is 1.76. The van der Waals surface area contributed by atoms with E-state index in [4.69, 9.17) is 10.4 Å². The fourth-order valence-corrected chi connectivity index (χ4v) is 3.22. The van der Waals surface area contributed by atoms with Gasteiger partial charge in [-0.15, -0.1) is 0 Å². The summed E-state index contributed by atoms with van der Waals surface area (Å²) in [6, 6.07) is 12.7. The Bertz CT molecular complexity index is 836. The van der Waals surface area contributed by atoms with E-state index in [1.165, 1.54) is 0 Å². The molecule has 0 spiro atoms. The Morgan fingerprint density at radius 2 is 2.04 bits per heavy atom. The van der Waals surface area contributed by atoms with Gasteiger partial charge in [-0.25, -0.2) is 0 Å². The van der Waals surface area contributed by atoms with Crippen LogP contribution in [0.25, 0.3) is 0 Å². The van der Waals surface area contributed by atoms with Crippen LogP contribution in [-0.2, 0) is 17.8 Å². The van der Waals surface area contributed by atoms with E-state index in [9.17, 15) is 15.0 Å². The maximum atomic E-state index is 12.6. The Hall–Kier alpha value is -2.64. The van der Waals surface area contributed by atoms with Crippen molar-refractivity contribution in [2.45, 2.75) is 32.1 Å². The van der Waals surface area contributed by atoms with E-state index in [2.05, 4.69) is 5.16 Å². The summed E-state index contributed by atoms with van der Waals surface area (Å²) in [5, 5.41) is 22.8. The summed E-state index contributed by atoms with van der Waals surface area (Å²) in [6.07, 6.45) is 0.543. The van der Waals surface area contributed by atoms with Crippen LogP contribution in [0.3, 0.4) is 0 Å². The predicted molar refractivity (Wildman–Crippen MR) is 99.5 cm³/mol. The molecule has 6 nitrogen and oxygen atoms in total. The van der Waals surface area contributed by atoms with Gasteiger partial charge in [0.1, 0.15) is 5.75 Å². The fraction of sp³-hybridized carbons (Fsp3) is 0.263. The van der Waals surface area contributed by atoms with Crippen molar-refractivity contribution in [2.75, 3.05) is 0 Å². The summed E-state index contributed by atoms with van der Waals surface area (Å²) >= 11 is 0. The third kappa shape index (κ3) is 3.64. The third-order valence-corrected chi connectivity index (χ3v) is 4.69. The zero-order chi connectivity index (χ0) is 18.7. The van der Waals surface area contributed by atoms with Gasteiger partial charge >= 0.3 is 7.12 Å². The first-order valence-electron chi connectivity index (χ1n) is 8.51. The van der Waals surface area contributed by atoms with Crippen LogP contribution in [0.4, 0.5) is 0 Å². The monoisotopic (exact) mass is 352 g/mol. The molecule has 0 unspecified atom stereocenters. The molecule has 0 saturated heterocycles. The summed E-state index contributed by atoms with van der Waals surface area (Å²) in [5.41, 5.74) is 8.88. The number of fused-ring (bicyclic) bond motifs is 1. The smallest absolute Gasteiger partial charge is 0.526 e. The van der Waals surface area contributed by atoms with Crippen molar-refractivity contribution in [3.05, 3.63) is 64.7 Å². The van der Waals surface area contributed by atoms with Gasteiger partial charge in [-0.3, -0.25) is 4.79 Å². The van der Waals surface area contributed by atoms with Crippen molar-refractivity contribution in [2.24, 2.45) is 10.9 Å². The first-order valence-corrected chi connectivity index (χ1v) is 8.51. The molecule has 1 atom stereocenters. The summed E-state index contributed by atoms with van der Waals surface area (Å²) in [6.45, 7) is 2.31. The van der Waals surface area contributed by atoms with Gasteiger partial charge in [0.2, 0.25) is 0 Å². The molecule has 0 fully saturated rings. The summed E-state index contributed by atoms with van der Waals surface area (Å²) < 4.78 is 5.61. The SMILES string of the molecule is Cc1cccc2c1OB(O)[C@@H](CC(=O)/C(=N\O)c1ccc(CN)cc1)C2. The molecule has 0 amide bonds. The second-order valence-corrected chi connectivity index (χ2v) is 6.51. The van der Waals surface area contributed by atoms with Crippen molar-refractivity contribution in [3.63, 3.8) is 0 Å². The number of rotatable bonds is 5. The molecule has 134 valence electrons. The molecule has 1 heterocycles. The lowest BCUT2D eigenvalue weighted by Crippen LogP contribution is -2.36. The first-order chi connectivity index (χ1) is 12.5. The van der Waals surface area contributed by atoms with Gasteiger partial charge in [-0.1, -0.05) is 47.6 Å². The van der Waals surface area contributed by atoms with Gasteiger partial charge in [-0.2, -0.15) is 0 Å². The molecule has 0 radical (unpaired) electrons. The van der Waals surface area contributed by atoms with E-state index >= 15 is 0 Å². The average molecular weight is 352 g/mol. The summed E-state index contributed by atoms with van der Waals surface area (Å²) in [4.78, 5) is 12.6. The number of carbonyl (C=O) groups excluding carboxylic acids is 1. The minimum atomic E-state index is -1.08. The fourth-order valence-electron chi connectivity index (χ4n) is 3.22.